The van der Waals surface area contributed by atoms with Gasteiger partial charge in [-0.3, -0.25) is 4.79 Å². The molecule has 0 aliphatic rings. The van der Waals surface area contributed by atoms with Crippen molar-refractivity contribution >= 4 is 33.5 Å². The first kappa shape index (κ1) is 18.7. The van der Waals surface area contributed by atoms with Crippen LogP contribution in [0.2, 0.25) is 5.02 Å². The summed E-state index contributed by atoms with van der Waals surface area (Å²) in [6, 6.07) is 14.8. The van der Waals surface area contributed by atoms with Crippen LogP contribution in [0.15, 0.2) is 70.1 Å². The van der Waals surface area contributed by atoms with Gasteiger partial charge in [0.15, 0.2) is 18.3 Å². The second kappa shape index (κ2) is 7.63. The number of halogens is 2. The molecule has 0 saturated carbocycles. The average Bonchev–Trinajstić information content (AvgIpc) is 2.63. The van der Waals surface area contributed by atoms with Crippen LogP contribution >= 0.6 is 11.6 Å². The summed E-state index contributed by atoms with van der Waals surface area (Å²) in [7, 11) is 1.64. The van der Waals surface area contributed by atoms with Gasteiger partial charge in [0.2, 0.25) is 17.2 Å². The highest BCUT2D eigenvalue weighted by Gasteiger charge is 2.13. The third-order valence-corrected chi connectivity index (χ3v) is 4.47. The molecule has 26 heavy (non-hydrogen) atoms. The van der Waals surface area contributed by atoms with Gasteiger partial charge in [-0.05, 0) is 36.4 Å². The van der Waals surface area contributed by atoms with Crippen LogP contribution in [-0.4, -0.2) is 7.11 Å². The van der Waals surface area contributed by atoms with Gasteiger partial charge in [0.1, 0.15) is 5.75 Å². The Morgan fingerprint density at radius 2 is 1.85 bits per heavy atom. The highest BCUT2D eigenvalue weighted by Crippen LogP contribution is 2.24. The van der Waals surface area contributed by atoms with Gasteiger partial charge in [0.25, 0.3) is 0 Å². The molecule has 0 unspecified atom stereocenters. The minimum absolute atomic E-state index is 0. The van der Waals surface area contributed by atoms with Crippen molar-refractivity contribution in [3.8, 4) is 5.75 Å². The molecule has 132 valence electrons. The Morgan fingerprint density at radius 1 is 1.08 bits per heavy atom. The second-order valence-corrected chi connectivity index (χ2v) is 6.20. The number of hydrogen-bond donors (Lipinski definition) is 0. The van der Waals surface area contributed by atoms with E-state index in [0.29, 0.717) is 33.5 Å². The van der Waals surface area contributed by atoms with Gasteiger partial charge in [0.05, 0.1) is 22.9 Å². The van der Waals surface area contributed by atoms with Gasteiger partial charge in [-0.2, -0.15) is 4.57 Å². The molecule has 6 heteroatoms. The number of pyridine rings is 1. The smallest absolute Gasteiger partial charge is 0.212 e. The van der Waals surface area contributed by atoms with E-state index in [4.69, 9.17) is 20.8 Å². The highest BCUT2D eigenvalue weighted by atomic mass is 127. The van der Waals surface area contributed by atoms with Crippen molar-refractivity contribution in [2.45, 2.75) is 6.54 Å². The molecular weight excluding hydrogens is 465 g/mol. The second-order valence-electron chi connectivity index (χ2n) is 5.79. The summed E-state index contributed by atoms with van der Waals surface area (Å²) >= 11 is 6.18. The summed E-state index contributed by atoms with van der Waals surface area (Å²) in [6.45, 7) is 0.657. The number of aromatic nitrogens is 1. The topological polar surface area (TPSA) is 43.3 Å². The third kappa shape index (κ3) is 3.41. The lowest BCUT2D eigenvalue weighted by molar-refractivity contribution is -0.687. The molecule has 2 heterocycles. The lowest BCUT2D eigenvalue weighted by Gasteiger charge is -2.03. The Hall–Kier alpha value is -2.12. The number of nitrogens with zero attached hydrogens (tertiary/aromatic N) is 1. The zero-order valence-corrected chi connectivity index (χ0v) is 16.8. The van der Waals surface area contributed by atoms with E-state index in [1.54, 1.807) is 31.4 Å². The Bertz CT molecular complexity index is 1140. The van der Waals surface area contributed by atoms with Crippen LogP contribution in [-0.2, 0) is 6.54 Å². The molecule has 4 aromatic rings. The molecule has 0 saturated heterocycles. The lowest BCUT2D eigenvalue weighted by Crippen LogP contribution is -3.00. The minimum Gasteiger partial charge on any atom is -1.00 e. The fraction of sp³-hybridized carbons (Fsp3) is 0.100. The fourth-order valence-corrected chi connectivity index (χ4v) is 3.08. The molecule has 0 spiro atoms. The summed E-state index contributed by atoms with van der Waals surface area (Å²) in [5.41, 5.74) is 1.98. The van der Waals surface area contributed by atoms with Gasteiger partial charge in [-0.1, -0.05) is 17.7 Å². The lowest BCUT2D eigenvalue weighted by atomic mass is 10.1. The van der Waals surface area contributed by atoms with E-state index in [1.165, 1.54) is 0 Å². The standard InChI is InChI=1S/C20H15ClNO3.HI/c1-24-14-7-5-13(6-8-14)11-22-10-9-15-18(12-22)25-20-16(19(15)23)3-2-4-17(20)21;/h2-10,12H,11H2,1H3;1H/q+1;/p-1. The van der Waals surface area contributed by atoms with Crippen LogP contribution in [0, 0.1) is 0 Å². The largest absolute Gasteiger partial charge is 1.00 e. The normalized spacial score (nSPS) is 10.7. The first-order valence-corrected chi connectivity index (χ1v) is 8.20. The highest BCUT2D eigenvalue weighted by molar-refractivity contribution is 6.34. The number of para-hydroxylation sites is 1. The van der Waals surface area contributed by atoms with Gasteiger partial charge < -0.3 is 33.1 Å². The molecule has 4 nitrogen and oxygen atoms in total. The van der Waals surface area contributed by atoms with Crippen LogP contribution in [0.4, 0.5) is 0 Å². The maximum absolute atomic E-state index is 12.6. The number of rotatable bonds is 3. The first-order chi connectivity index (χ1) is 12.2. The summed E-state index contributed by atoms with van der Waals surface area (Å²) in [5, 5.41) is 1.47. The summed E-state index contributed by atoms with van der Waals surface area (Å²) in [5.74, 6) is 0.819. The van der Waals surface area contributed by atoms with Crippen molar-refractivity contribution in [1.82, 2.24) is 0 Å². The van der Waals surface area contributed by atoms with Crippen molar-refractivity contribution in [3.63, 3.8) is 0 Å². The molecule has 0 atom stereocenters. The van der Waals surface area contributed by atoms with E-state index in [2.05, 4.69) is 0 Å². The predicted octanol–water partition coefficient (Wildman–Crippen LogP) is 0.948. The zero-order chi connectivity index (χ0) is 17.4. The summed E-state index contributed by atoms with van der Waals surface area (Å²) < 4.78 is 13.0. The Morgan fingerprint density at radius 3 is 2.58 bits per heavy atom. The summed E-state index contributed by atoms with van der Waals surface area (Å²) in [6.07, 6.45) is 3.70. The maximum atomic E-state index is 12.6. The molecule has 0 aliphatic carbocycles. The number of benzene rings is 2. The molecular formula is C20H15ClINO3. The Kier molecular flexibility index (Phi) is 5.48. The van der Waals surface area contributed by atoms with Crippen molar-refractivity contribution in [2.24, 2.45) is 0 Å². The van der Waals surface area contributed by atoms with Gasteiger partial charge in [0, 0.05) is 11.6 Å². The van der Waals surface area contributed by atoms with Crippen LogP contribution in [0.25, 0.3) is 21.9 Å². The SMILES string of the molecule is COc1ccc(C[n+]2ccc3c(=O)c4cccc(Cl)c4oc3c2)cc1.[I-]. The van der Waals surface area contributed by atoms with Gasteiger partial charge >= 0.3 is 0 Å². The van der Waals surface area contributed by atoms with E-state index in [9.17, 15) is 4.79 Å². The molecule has 0 radical (unpaired) electrons. The molecule has 0 fully saturated rings. The molecule has 4 rings (SSSR count). The van der Waals surface area contributed by atoms with Crippen molar-refractivity contribution in [2.75, 3.05) is 7.11 Å². The molecule has 0 amide bonds. The van der Waals surface area contributed by atoms with Crippen LogP contribution < -0.4 is 38.7 Å². The van der Waals surface area contributed by atoms with Gasteiger partial charge in [-0.25, -0.2) is 0 Å². The molecule has 0 N–H and O–H groups in total. The third-order valence-electron chi connectivity index (χ3n) is 4.17. The predicted molar refractivity (Wildman–Crippen MR) is 97.3 cm³/mol. The van der Waals surface area contributed by atoms with Crippen LogP contribution in [0.3, 0.4) is 0 Å². The quantitative estimate of drug-likeness (QED) is 0.250. The van der Waals surface area contributed by atoms with E-state index < -0.39 is 0 Å². The van der Waals surface area contributed by atoms with E-state index in [1.807, 2.05) is 41.2 Å². The molecule has 0 bridgehead atoms. The van der Waals surface area contributed by atoms with Gasteiger partial charge in [-0.15, -0.1) is 0 Å². The van der Waals surface area contributed by atoms with E-state index >= 15 is 0 Å². The van der Waals surface area contributed by atoms with E-state index in [0.717, 1.165) is 11.3 Å². The molecule has 2 aromatic carbocycles. The zero-order valence-electron chi connectivity index (χ0n) is 13.9. The average molecular weight is 480 g/mol. The Balaban J connectivity index is 0.00000196. The number of fused-ring (bicyclic) bond motifs is 2. The molecule has 0 aliphatic heterocycles. The minimum atomic E-state index is -0.0738. The van der Waals surface area contributed by atoms with Crippen molar-refractivity contribution in [3.05, 3.63) is 81.7 Å². The van der Waals surface area contributed by atoms with E-state index in [-0.39, 0.29) is 29.4 Å². The number of methoxy groups -OCH3 is 1. The Labute approximate surface area is 172 Å². The number of hydrogen-bond acceptors (Lipinski definition) is 3. The summed E-state index contributed by atoms with van der Waals surface area (Å²) in [4.78, 5) is 12.6. The first-order valence-electron chi connectivity index (χ1n) is 7.83. The maximum Gasteiger partial charge on any atom is 0.212 e. The van der Waals surface area contributed by atoms with Crippen molar-refractivity contribution in [1.29, 1.82) is 0 Å². The fourth-order valence-electron chi connectivity index (χ4n) is 2.87. The molecule has 2 aromatic heterocycles. The van der Waals surface area contributed by atoms with Crippen LogP contribution in [0.1, 0.15) is 5.56 Å². The van der Waals surface area contributed by atoms with Crippen molar-refractivity contribution < 1.29 is 37.7 Å². The van der Waals surface area contributed by atoms with Crippen LogP contribution in [0.5, 0.6) is 5.75 Å². The monoisotopic (exact) mass is 479 g/mol. The number of ether oxygens (including phenoxy) is 1.